The third-order valence-corrected chi connectivity index (χ3v) is 13.9. The SMILES string of the molecule is C=C[C@@H]1C[C@]1(NC(=O)[C@@H]1[C@H](CC)[C@@H]2CN1C(=O)[C@H](C(C)(C)C)NC(=O)O[C@@H]1CC1CCCCC(F)(F)c1nc3ccc(OC)cc3nc1O2)C(=O)NS(=O)(=O)C1CC1. The molecule has 2 bridgehead atoms. The van der Waals surface area contributed by atoms with Crippen LogP contribution in [0.15, 0.2) is 30.9 Å². The average molecular weight is 831 g/mol. The molecule has 3 saturated carbocycles. The molecule has 4 amide bonds. The predicted molar refractivity (Wildman–Crippen MR) is 206 cm³/mol. The molecule has 316 valence electrons. The molecule has 1 saturated heterocycles. The number of methoxy groups -OCH3 is 1. The van der Waals surface area contributed by atoms with Crippen LogP contribution in [0.25, 0.3) is 11.0 Å². The van der Waals surface area contributed by atoms with Crippen molar-refractivity contribution in [2.24, 2.45) is 23.2 Å². The molecule has 1 unspecified atom stereocenters. The zero-order valence-electron chi connectivity index (χ0n) is 33.4. The number of hydrogen-bond donors (Lipinski definition) is 3. The topological polar surface area (TPSA) is 195 Å². The van der Waals surface area contributed by atoms with Crippen LogP contribution in [0.3, 0.4) is 0 Å². The molecule has 7 rings (SSSR count). The minimum Gasteiger partial charge on any atom is -0.497 e. The van der Waals surface area contributed by atoms with E-state index in [0.29, 0.717) is 37.9 Å². The standard InChI is InChI=1S/C40H52F2N6O9S/c1-7-22-19-39(22,36(51)47-58(53,54)24-13-14-24)46-33(49)30-25(8-2)29-20-48(30)35(50)32(38(3,4)5)45-37(52)57-28-17-21(28)11-9-10-16-40(41,42)31-34(56-29)44-27-18-23(55-6)12-15-26(27)43-31/h7,12,15,18,21-22,24-25,28-30,32H,1,8-11,13-14,16-17,19-20H2,2-6H3,(H,45,52)(H,46,49)(H,47,51)/t21?,22-,25-,28-,29+,30+,32-,39-/m1/s1. The van der Waals surface area contributed by atoms with E-state index in [4.69, 9.17) is 14.2 Å². The van der Waals surface area contributed by atoms with E-state index >= 15 is 8.78 Å². The van der Waals surface area contributed by atoms with Gasteiger partial charge in [-0.3, -0.25) is 19.1 Å². The van der Waals surface area contributed by atoms with Crippen molar-refractivity contribution in [2.75, 3.05) is 13.7 Å². The molecular formula is C40H52F2N6O9S. The average Bonchev–Trinajstić information content (AvgIpc) is 4.08. The lowest BCUT2D eigenvalue weighted by molar-refractivity contribution is -0.143. The van der Waals surface area contributed by atoms with Crippen molar-refractivity contribution in [3.63, 3.8) is 0 Å². The van der Waals surface area contributed by atoms with Crippen molar-refractivity contribution in [3.05, 3.63) is 36.5 Å². The molecule has 0 spiro atoms. The number of carbonyl (C=O) groups is 4. The quantitative estimate of drug-likeness (QED) is 0.318. The molecule has 4 fully saturated rings. The summed E-state index contributed by atoms with van der Waals surface area (Å²) in [4.78, 5) is 66.7. The maximum atomic E-state index is 16.3. The molecule has 58 heavy (non-hydrogen) atoms. The third kappa shape index (κ3) is 8.17. The fraction of sp³-hybridized carbons (Fsp3) is 0.650. The van der Waals surface area contributed by atoms with Gasteiger partial charge in [-0.2, -0.15) is 8.78 Å². The molecule has 18 heteroatoms. The number of fused-ring (bicyclic) bond motifs is 5. The number of alkyl halides is 2. The summed E-state index contributed by atoms with van der Waals surface area (Å²) < 4.78 is 77.9. The van der Waals surface area contributed by atoms with Gasteiger partial charge in [-0.05, 0) is 68.4 Å². The predicted octanol–water partition coefficient (Wildman–Crippen LogP) is 4.49. The number of nitrogens with one attached hydrogen (secondary N) is 3. The Balaban J connectivity index is 1.30. The van der Waals surface area contributed by atoms with E-state index in [1.807, 2.05) is 0 Å². The maximum Gasteiger partial charge on any atom is 0.408 e. The van der Waals surface area contributed by atoms with E-state index in [9.17, 15) is 27.6 Å². The minimum absolute atomic E-state index is 0.0142. The van der Waals surface area contributed by atoms with E-state index in [0.717, 1.165) is 0 Å². The largest absolute Gasteiger partial charge is 0.497 e. The van der Waals surface area contributed by atoms with E-state index in [-0.39, 0.29) is 42.8 Å². The second-order valence-corrected chi connectivity index (χ2v) is 19.4. The molecule has 8 atom stereocenters. The lowest BCUT2D eigenvalue weighted by Gasteiger charge is -2.36. The summed E-state index contributed by atoms with van der Waals surface area (Å²) in [6.45, 7) is 10.4. The molecule has 1 aromatic heterocycles. The number of carbonyl (C=O) groups excluding carboxylic acids is 4. The van der Waals surface area contributed by atoms with Gasteiger partial charge in [0.1, 0.15) is 35.6 Å². The Labute approximate surface area is 336 Å². The van der Waals surface area contributed by atoms with Crippen molar-refractivity contribution >= 4 is 44.9 Å². The van der Waals surface area contributed by atoms with Crippen LogP contribution < -0.4 is 24.8 Å². The van der Waals surface area contributed by atoms with Crippen LogP contribution in [-0.4, -0.2) is 95.8 Å². The van der Waals surface area contributed by atoms with Gasteiger partial charge in [-0.1, -0.05) is 40.2 Å². The monoisotopic (exact) mass is 830 g/mol. The van der Waals surface area contributed by atoms with Gasteiger partial charge in [0.15, 0.2) is 5.69 Å². The van der Waals surface area contributed by atoms with E-state index in [1.54, 1.807) is 33.8 Å². The Morgan fingerprint density at radius 1 is 1.10 bits per heavy atom. The van der Waals surface area contributed by atoms with Crippen molar-refractivity contribution in [3.8, 4) is 11.6 Å². The number of alkyl carbamates (subject to hydrolysis) is 1. The molecule has 3 aliphatic carbocycles. The van der Waals surface area contributed by atoms with Crippen molar-refractivity contribution < 1.29 is 50.6 Å². The first kappa shape index (κ1) is 41.5. The van der Waals surface area contributed by atoms with Crippen LogP contribution >= 0.6 is 0 Å². The van der Waals surface area contributed by atoms with Crippen LogP contribution in [-0.2, 0) is 35.1 Å². The molecule has 15 nitrogen and oxygen atoms in total. The summed E-state index contributed by atoms with van der Waals surface area (Å²) in [6, 6.07) is 2.06. The Kier molecular flexibility index (Phi) is 10.9. The number of halogens is 2. The maximum absolute atomic E-state index is 16.3. The van der Waals surface area contributed by atoms with Crippen LogP contribution in [0.2, 0.25) is 0 Å². The Hall–Kier alpha value is -4.61. The molecule has 1 aromatic carbocycles. The molecular weight excluding hydrogens is 779 g/mol. The van der Waals surface area contributed by atoms with Crippen molar-refractivity contribution in [1.82, 2.24) is 30.2 Å². The number of hydrogen-bond acceptors (Lipinski definition) is 11. The zero-order chi connectivity index (χ0) is 41.9. The molecule has 2 aliphatic heterocycles. The van der Waals surface area contributed by atoms with Gasteiger partial charge in [0, 0.05) is 24.3 Å². The van der Waals surface area contributed by atoms with Gasteiger partial charge in [0.25, 0.3) is 11.8 Å². The highest BCUT2D eigenvalue weighted by molar-refractivity contribution is 7.91. The van der Waals surface area contributed by atoms with Crippen LogP contribution in [0.5, 0.6) is 11.6 Å². The summed E-state index contributed by atoms with van der Waals surface area (Å²) in [5.74, 6) is -7.43. The third-order valence-electron chi connectivity index (χ3n) is 12.1. The van der Waals surface area contributed by atoms with E-state index in [1.165, 1.54) is 30.2 Å². The lowest BCUT2D eigenvalue weighted by atomic mass is 9.85. The van der Waals surface area contributed by atoms with Gasteiger partial charge in [0.2, 0.25) is 27.7 Å². The second kappa shape index (κ2) is 15.2. The Bertz CT molecular complexity index is 2110. The van der Waals surface area contributed by atoms with Crippen molar-refractivity contribution in [1.29, 1.82) is 0 Å². The van der Waals surface area contributed by atoms with Gasteiger partial charge in [-0.15, -0.1) is 6.58 Å². The molecule has 0 radical (unpaired) electrons. The van der Waals surface area contributed by atoms with Crippen LogP contribution in [0.1, 0.15) is 91.2 Å². The smallest absolute Gasteiger partial charge is 0.408 e. The Morgan fingerprint density at radius 2 is 1.84 bits per heavy atom. The van der Waals surface area contributed by atoms with Gasteiger partial charge >= 0.3 is 6.09 Å². The van der Waals surface area contributed by atoms with Gasteiger partial charge in [-0.25, -0.2) is 23.2 Å². The fourth-order valence-electron chi connectivity index (χ4n) is 8.31. The first-order valence-electron chi connectivity index (χ1n) is 20.0. The molecule has 3 heterocycles. The minimum atomic E-state index is -3.99. The van der Waals surface area contributed by atoms with Crippen LogP contribution in [0.4, 0.5) is 13.6 Å². The van der Waals surface area contributed by atoms with E-state index in [2.05, 4.69) is 31.9 Å². The summed E-state index contributed by atoms with van der Waals surface area (Å²) in [5.41, 5.74) is -2.87. The highest BCUT2D eigenvalue weighted by Crippen LogP contribution is 2.47. The Morgan fingerprint density at radius 3 is 2.48 bits per heavy atom. The lowest BCUT2D eigenvalue weighted by Crippen LogP contribution is -2.61. The second-order valence-electron chi connectivity index (χ2n) is 17.4. The van der Waals surface area contributed by atoms with Gasteiger partial charge in [0.05, 0.1) is 29.9 Å². The summed E-state index contributed by atoms with van der Waals surface area (Å²) >= 11 is 0. The molecule has 3 N–H and O–H groups in total. The first-order valence-corrected chi connectivity index (χ1v) is 21.6. The highest BCUT2D eigenvalue weighted by atomic mass is 32.2. The number of benzene rings is 1. The highest BCUT2D eigenvalue weighted by Gasteiger charge is 2.63. The zero-order valence-corrected chi connectivity index (χ0v) is 34.2. The number of rotatable bonds is 8. The fourth-order valence-corrected chi connectivity index (χ4v) is 9.68. The molecule has 2 aromatic rings. The summed E-state index contributed by atoms with van der Waals surface area (Å²) in [5, 5.41) is 4.80. The number of amides is 4. The summed E-state index contributed by atoms with van der Waals surface area (Å²) in [7, 11) is -2.53. The number of aromatic nitrogens is 2. The van der Waals surface area contributed by atoms with Crippen LogP contribution in [0, 0.1) is 23.2 Å². The molecule has 5 aliphatic rings. The number of ether oxygens (including phenoxy) is 3. The van der Waals surface area contributed by atoms with Crippen molar-refractivity contribution in [2.45, 2.75) is 126 Å². The number of nitrogens with zero attached hydrogens (tertiary/aromatic N) is 3. The number of sulfonamides is 1. The van der Waals surface area contributed by atoms with E-state index < -0.39 is 110 Å². The normalized spacial score (nSPS) is 31.2. The van der Waals surface area contributed by atoms with Gasteiger partial charge < -0.3 is 29.7 Å². The summed E-state index contributed by atoms with van der Waals surface area (Å²) in [6.07, 6.45) is 1.31. The first-order chi connectivity index (χ1) is 27.3.